The van der Waals surface area contributed by atoms with Crippen molar-refractivity contribution < 1.29 is 58.4 Å². The van der Waals surface area contributed by atoms with Crippen LogP contribution in [0, 0.1) is 0 Å². The number of aryl methyl sites for hydroxylation is 1. The first-order chi connectivity index (χ1) is 28.4. The molecular formula is C40H69N5O12S. The summed E-state index contributed by atoms with van der Waals surface area (Å²) in [6.45, 7) is 4.38. The van der Waals surface area contributed by atoms with E-state index in [0.717, 1.165) is 75.8 Å². The van der Waals surface area contributed by atoms with Crippen molar-refractivity contribution in [2.75, 3.05) is 65.2 Å². The lowest BCUT2D eigenvalue weighted by Crippen LogP contribution is -2.59. The van der Waals surface area contributed by atoms with Gasteiger partial charge in [0.05, 0.1) is 77.7 Å². The van der Waals surface area contributed by atoms with Gasteiger partial charge in [-0.3, -0.25) is 9.48 Å². The van der Waals surface area contributed by atoms with Crippen LogP contribution in [0.2, 0.25) is 0 Å². The Labute approximate surface area is 347 Å². The number of aromatic nitrogens is 3. The second-order valence-electron chi connectivity index (χ2n) is 15.1. The first-order valence-electron chi connectivity index (χ1n) is 21.3. The Bertz CT molecular complexity index is 1290. The number of carbonyl (C=O) groups excluding carboxylic acids is 2. The van der Waals surface area contributed by atoms with Crippen molar-refractivity contribution in [2.24, 2.45) is 0 Å². The van der Waals surface area contributed by atoms with Gasteiger partial charge in [0.25, 0.3) is 0 Å². The van der Waals surface area contributed by atoms with E-state index in [2.05, 4.69) is 20.9 Å². The molecule has 3 aliphatic rings. The van der Waals surface area contributed by atoms with Crippen molar-refractivity contribution in [1.82, 2.24) is 25.6 Å². The smallest absolute Gasteiger partial charge is 0.315 e. The van der Waals surface area contributed by atoms with Gasteiger partial charge in [0, 0.05) is 37.0 Å². The molecular weight excluding hydrogens is 775 g/mol. The molecule has 6 N–H and O–H groups in total. The molecule has 3 saturated heterocycles. The largest absolute Gasteiger partial charge is 0.394 e. The Balaban J connectivity index is 0.831. The van der Waals surface area contributed by atoms with Crippen LogP contribution in [0.15, 0.2) is 18.3 Å². The van der Waals surface area contributed by atoms with Gasteiger partial charge in [0.1, 0.15) is 35.9 Å². The molecule has 18 heteroatoms. The van der Waals surface area contributed by atoms with Crippen LogP contribution in [-0.2, 0) is 46.4 Å². The SMILES string of the molecule is O=C(CCCC[C@@H]1SC[C@@H]2NC(=O)N[C@@H]21)CCCOCCOCCOCCOCc1cn(CCCCCCCCC/C=C/CO[C@@H]2OC(CO)[C@H](O)[C@H](O)C2O)nn1. The number of unbranched alkanes of at least 4 members (excludes halogenated alkanes) is 8. The number of fused-ring (bicyclic) bond motifs is 1. The zero-order chi connectivity index (χ0) is 41.2. The molecule has 2 amide bonds. The number of nitrogens with one attached hydrogen (secondary N) is 2. The number of nitrogens with zero attached hydrogens (tertiary/aromatic N) is 3. The molecule has 0 aromatic carbocycles. The monoisotopic (exact) mass is 843 g/mol. The molecule has 0 aliphatic carbocycles. The molecule has 1 aromatic heterocycles. The maximum absolute atomic E-state index is 12.2. The summed E-state index contributed by atoms with van der Waals surface area (Å²) < 4.78 is 35.0. The van der Waals surface area contributed by atoms with Crippen LogP contribution in [0.25, 0.3) is 0 Å². The van der Waals surface area contributed by atoms with Crippen molar-refractivity contribution >= 4 is 23.6 Å². The minimum absolute atomic E-state index is 0.0540. The third-order valence-electron chi connectivity index (χ3n) is 10.5. The van der Waals surface area contributed by atoms with E-state index in [1.807, 2.05) is 34.8 Å². The molecule has 4 rings (SSSR count). The predicted octanol–water partition coefficient (Wildman–Crippen LogP) is 2.41. The summed E-state index contributed by atoms with van der Waals surface area (Å²) in [6, 6.07) is 0.431. The van der Waals surface area contributed by atoms with Gasteiger partial charge in [-0.15, -0.1) is 5.10 Å². The third kappa shape index (κ3) is 18.6. The first-order valence-corrected chi connectivity index (χ1v) is 22.4. The summed E-state index contributed by atoms with van der Waals surface area (Å²) in [7, 11) is 0. The highest BCUT2D eigenvalue weighted by molar-refractivity contribution is 8.00. The summed E-state index contributed by atoms with van der Waals surface area (Å²) in [5, 5.41) is 53.7. The van der Waals surface area contributed by atoms with Crippen molar-refractivity contribution in [3.63, 3.8) is 0 Å². The maximum Gasteiger partial charge on any atom is 0.315 e. The van der Waals surface area contributed by atoms with E-state index >= 15 is 0 Å². The summed E-state index contributed by atoms with van der Waals surface area (Å²) >= 11 is 1.91. The summed E-state index contributed by atoms with van der Waals surface area (Å²) in [5.41, 5.74) is 0.800. The minimum atomic E-state index is -1.43. The Morgan fingerprint density at radius 3 is 2.28 bits per heavy atom. The number of hydrogen-bond acceptors (Lipinski definition) is 15. The van der Waals surface area contributed by atoms with Crippen molar-refractivity contribution in [3.8, 4) is 0 Å². The van der Waals surface area contributed by atoms with Crippen LogP contribution < -0.4 is 10.6 Å². The van der Waals surface area contributed by atoms with E-state index in [9.17, 15) is 30.0 Å². The molecule has 0 bridgehead atoms. The molecule has 0 spiro atoms. The van der Waals surface area contributed by atoms with E-state index < -0.39 is 37.3 Å². The van der Waals surface area contributed by atoms with Crippen molar-refractivity contribution in [3.05, 3.63) is 24.0 Å². The van der Waals surface area contributed by atoms with Crippen LogP contribution in [0.4, 0.5) is 4.79 Å². The summed E-state index contributed by atoms with van der Waals surface area (Å²) in [6.07, 6.45) is 13.3. The third-order valence-corrected chi connectivity index (χ3v) is 12.0. The molecule has 1 aromatic rings. The standard InChI is InChI=1S/C40H69N5O12S/c46-27-33-36(48)37(49)38(50)39(57-33)56-19-12-8-6-4-2-1-3-5-7-11-17-45-26-30(43-44-45)28-55-25-24-54-23-22-53-21-20-52-18-13-15-31(47)14-9-10-16-34-35-32(29-58-34)41-40(51)42-35/h8,12,26,32-39,46,48-50H,1-7,9-11,13-25,27-29H2,(H2,41,42,51)/b12-8+/t32-,33?,34-,35-,36-,37-,38?,39+/m0/s1. The zero-order valence-corrected chi connectivity index (χ0v) is 34.9. The van der Waals surface area contributed by atoms with Gasteiger partial charge in [-0.2, -0.15) is 11.8 Å². The van der Waals surface area contributed by atoms with Gasteiger partial charge >= 0.3 is 6.03 Å². The highest BCUT2D eigenvalue weighted by Gasteiger charge is 2.44. The van der Waals surface area contributed by atoms with Crippen LogP contribution in [0.1, 0.15) is 95.6 Å². The van der Waals surface area contributed by atoms with E-state index in [1.54, 1.807) is 0 Å². The number of ether oxygens (including phenoxy) is 6. The van der Waals surface area contributed by atoms with E-state index in [0.29, 0.717) is 70.9 Å². The maximum atomic E-state index is 12.2. The molecule has 8 atom stereocenters. The number of Topliss-reactive ketones (excluding diaryl/α,β-unsaturated/α-hetero) is 1. The van der Waals surface area contributed by atoms with Crippen LogP contribution in [-0.4, -0.2) is 160 Å². The molecule has 3 fully saturated rings. The minimum Gasteiger partial charge on any atom is -0.394 e. The van der Waals surface area contributed by atoms with Crippen LogP contribution in [0.5, 0.6) is 0 Å². The molecule has 58 heavy (non-hydrogen) atoms. The topological polar surface area (TPSA) is 225 Å². The number of amides is 2. The van der Waals surface area contributed by atoms with E-state index in [4.69, 9.17) is 28.4 Å². The number of thioether (sulfide) groups is 1. The lowest BCUT2D eigenvalue weighted by Gasteiger charge is -2.39. The Morgan fingerprint density at radius 1 is 0.828 bits per heavy atom. The molecule has 0 saturated carbocycles. The fourth-order valence-electron chi connectivity index (χ4n) is 7.12. The highest BCUT2D eigenvalue weighted by Crippen LogP contribution is 2.33. The summed E-state index contributed by atoms with van der Waals surface area (Å²) in [4.78, 5) is 23.7. The van der Waals surface area contributed by atoms with Gasteiger partial charge in [-0.05, 0) is 38.5 Å². The molecule has 2 unspecified atom stereocenters. The molecule has 0 radical (unpaired) electrons. The van der Waals surface area contributed by atoms with Gasteiger partial charge in [-0.1, -0.05) is 55.9 Å². The quantitative estimate of drug-likeness (QED) is 0.0333. The van der Waals surface area contributed by atoms with Gasteiger partial charge < -0.3 is 59.5 Å². The number of aliphatic hydroxyl groups is 4. The Kier molecular flexibility index (Phi) is 24.3. The molecule has 17 nitrogen and oxygen atoms in total. The molecule has 4 heterocycles. The Hall–Kier alpha value is -2.23. The van der Waals surface area contributed by atoms with Gasteiger partial charge in [-0.25, -0.2) is 4.79 Å². The number of allylic oxidation sites excluding steroid dienone is 1. The average Bonchev–Trinajstić information content (AvgIpc) is 3.94. The highest BCUT2D eigenvalue weighted by atomic mass is 32.2. The first kappa shape index (κ1) is 48.4. The number of carbonyl (C=O) groups is 2. The predicted molar refractivity (Wildman–Crippen MR) is 216 cm³/mol. The van der Waals surface area contributed by atoms with E-state index in [-0.39, 0.29) is 30.5 Å². The van der Waals surface area contributed by atoms with Crippen molar-refractivity contribution in [1.29, 1.82) is 0 Å². The average molecular weight is 844 g/mol. The Morgan fingerprint density at radius 2 is 1.52 bits per heavy atom. The normalized spacial score (nSPS) is 25.7. The number of urea groups is 1. The van der Waals surface area contributed by atoms with Crippen LogP contribution >= 0.6 is 11.8 Å². The number of ketones is 1. The number of aliphatic hydroxyl groups excluding tert-OH is 4. The van der Waals surface area contributed by atoms with Gasteiger partial charge in [0.2, 0.25) is 0 Å². The van der Waals surface area contributed by atoms with E-state index in [1.165, 1.54) is 19.3 Å². The second kappa shape index (κ2) is 29.1. The molecule has 3 aliphatic heterocycles. The fraction of sp³-hybridized carbons (Fsp3) is 0.850. The number of hydrogen-bond donors (Lipinski definition) is 6. The lowest BCUT2D eigenvalue weighted by molar-refractivity contribution is -0.298. The van der Waals surface area contributed by atoms with Crippen molar-refractivity contribution in [2.45, 2.75) is 151 Å². The fourth-order valence-corrected chi connectivity index (χ4v) is 8.66. The molecule has 332 valence electrons. The lowest BCUT2D eigenvalue weighted by atomic mass is 9.99. The second-order valence-corrected chi connectivity index (χ2v) is 16.4. The number of rotatable bonds is 34. The van der Waals surface area contributed by atoms with Gasteiger partial charge in [0.15, 0.2) is 6.29 Å². The summed E-state index contributed by atoms with van der Waals surface area (Å²) in [5.74, 6) is 1.26. The van der Waals surface area contributed by atoms with Crippen LogP contribution in [0.3, 0.4) is 0 Å². The zero-order valence-electron chi connectivity index (χ0n) is 34.0.